The standard InChI is InChI=1S/C17H21NO/c1-19-13-7-12-18-17-11-6-5-10-16(17)14-15-8-3-2-4-9-15/h2-6,8-11,18H,7,12-14H2,1H3. The molecule has 0 fully saturated rings. The summed E-state index contributed by atoms with van der Waals surface area (Å²) in [5, 5.41) is 3.49. The molecular formula is C17H21NO. The normalized spacial score (nSPS) is 10.4. The van der Waals surface area contributed by atoms with Crippen LogP contribution in [0.5, 0.6) is 0 Å². The lowest BCUT2D eigenvalue weighted by molar-refractivity contribution is 0.198. The van der Waals surface area contributed by atoms with Crippen molar-refractivity contribution in [1.29, 1.82) is 0 Å². The second-order valence-corrected chi connectivity index (χ2v) is 4.59. The molecule has 1 N–H and O–H groups in total. The highest BCUT2D eigenvalue weighted by Crippen LogP contribution is 2.18. The van der Waals surface area contributed by atoms with Crippen LogP contribution >= 0.6 is 0 Å². The van der Waals surface area contributed by atoms with E-state index in [9.17, 15) is 0 Å². The molecule has 19 heavy (non-hydrogen) atoms. The maximum absolute atomic E-state index is 5.07. The maximum Gasteiger partial charge on any atom is 0.0479 e. The fraction of sp³-hybridized carbons (Fsp3) is 0.294. The molecule has 0 heterocycles. The maximum atomic E-state index is 5.07. The van der Waals surface area contributed by atoms with Gasteiger partial charge in [0.2, 0.25) is 0 Å². The topological polar surface area (TPSA) is 21.3 Å². The van der Waals surface area contributed by atoms with Gasteiger partial charge in [0, 0.05) is 25.9 Å². The Bertz CT molecular complexity index is 482. The molecule has 0 aliphatic carbocycles. The smallest absolute Gasteiger partial charge is 0.0479 e. The van der Waals surface area contributed by atoms with Gasteiger partial charge in [0.1, 0.15) is 0 Å². The van der Waals surface area contributed by atoms with Crippen LogP contribution < -0.4 is 5.32 Å². The van der Waals surface area contributed by atoms with Gasteiger partial charge < -0.3 is 10.1 Å². The molecule has 0 saturated heterocycles. The summed E-state index contributed by atoms with van der Waals surface area (Å²) < 4.78 is 5.07. The van der Waals surface area contributed by atoms with Gasteiger partial charge in [-0.25, -0.2) is 0 Å². The lowest BCUT2D eigenvalue weighted by atomic mass is 10.0. The Balaban J connectivity index is 2.00. The summed E-state index contributed by atoms with van der Waals surface area (Å²) in [6.07, 6.45) is 1.99. The van der Waals surface area contributed by atoms with E-state index in [1.165, 1.54) is 16.8 Å². The fourth-order valence-corrected chi connectivity index (χ4v) is 2.10. The van der Waals surface area contributed by atoms with E-state index in [-0.39, 0.29) is 0 Å². The van der Waals surface area contributed by atoms with Crippen LogP contribution in [0.2, 0.25) is 0 Å². The number of nitrogens with one attached hydrogen (secondary N) is 1. The van der Waals surface area contributed by atoms with Crippen molar-refractivity contribution in [2.75, 3.05) is 25.6 Å². The van der Waals surface area contributed by atoms with Crippen LogP contribution in [0.15, 0.2) is 54.6 Å². The highest BCUT2D eigenvalue weighted by molar-refractivity contribution is 5.52. The first-order chi connectivity index (χ1) is 9.40. The molecule has 2 heteroatoms. The molecule has 2 nitrogen and oxygen atoms in total. The predicted octanol–water partition coefficient (Wildman–Crippen LogP) is 3.73. The summed E-state index contributed by atoms with van der Waals surface area (Å²) in [7, 11) is 1.74. The van der Waals surface area contributed by atoms with Gasteiger partial charge in [-0.2, -0.15) is 0 Å². The summed E-state index contributed by atoms with van der Waals surface area (Å²) in [5.41, 5.74) is 3.90. The average Bonchev–Trinajstić information content (AvgIpc) is 2.46. The van der Waals surface area contributed by atoms with Crippen LogP contribution in [0.4, 0.5) is 5.69 Å². The van der Waals surface area contributed by atoms with E-state index in [0.717, 1.165) is 26.0 Å². The number of hydrogen-bond acceptors (Lipinski definition) is 2. The predicted molar refractivity (Wildman–Crippen MR) is 80.7 cm³/mol. The van der Waals surface area contributed by atoms with Crippen molar-refractivity contribution in [1.82, 2.24) is 0 Å². The highest BCUT2D eigenvalue weighted by atomic mass is 16.5. The van der Waals surface area contributed by atoms with Crippen molar-refractivity contribution in [2.45, 2.75) is 12.8 Å². The third kappa shape index (κ3) is 4.42. The van der Waals surface area contributed by atoms with Gasteiger partial charge in [-0.15, -0.1) is 0 Å². The molecule has 0 bridgehead atoms. The van der Waals surface area contributed by atoms with Crippen molar-refractivity contribution >= 4 is 5.69 Å². The van der Waals surface area contributed by atoms with Crippen molar-refractivity contribution in [2.24, 2.45) is 0 Å². The van der Waals surface area contributed by atoms with Gasteiger partial charge >= 0.3 is 0 Å². The molecule has 0 atom stereocenters. The molecule has 2 aromatic carbocycles. The Morgan fingerprint density at radius 3 is 2.47 bits per heavy atom. The minimum absolute atomic E-state index is 0.799. The second-order valence-electron chi connectivity index (χ2n) is 4.59. The lowest BCUT2D eigenvalue weighted by Crippen LogP contribution is -2.06. The van der Waals surface area contributed by atoms with E-state index in [0.29, 0.717) is 0 Å². The minimum Gasteiger partial charge on any atom is -0.385 e. The Morgan fingerprint density at radius 1 is 0.947 bits per heavy atom. The van der Waals surface area contributed by atoms with Crippen LogP contribution in [-0.2, 0) is 11.2 Å². The monoisotopic (exact) mass is 255 g/mol. The molecule has 0 amide bonds. The van der Waals surface area contributed by atoms with Gasteiger partial charge in [-0.05, 0) is 30.0 Å². The largest absolute Gasteiger partial charge is 0.385 e. The molecule has 100 valence electrons. The first kappa shape index (κ1) is 13.6. The van der Waals surface area contributed by atoms with E-state index < -0.39 is 0 Å². The summed E-state index contributed by atoms with van der Waals surface area (Å²) in [5.74, 6) is 0. The molecule has 0 radical (unpaired) electrons. The molecule has 2 rings (SSSR count). The van der Waals surface area contributed by atoms with Crippen molar-refractivity contribution in [3.63, 3.8) is 0 Å². The van der Waals surface area contributed by atoms with Crippen LogP contribution in [0.3, 0.4) is 0 Å². The second kappa shape index (κ2) is 7.59. The summed E-state index contributed by atoms with van der Waals surface area (Å²) in [6.45, 7) is 1.74. The quantitative estimate of drug-likeness (QED) is 0.761. The van der Waals surface area contributed by atoms with E-state index in [1.807, 2.05) is 0 Å². The molecule has 0 aliphatic rings. The van der Waals surface area contributed by atoms with Crippen LogP contribution in [0.25, 0.3) is 0 Å². The van der Waals surface area contributed by atoms with E-state index in [2.05, 4.69) is 59.9 Å². The number of benzene rings is 2. The summed E-state index contributed by atoms with van der Waals surface area (Å²) in [6, 6.07) is 19.1. The van der Waals surface area contributed by atoms with Crippen LogP contribution in [0.1, 0.15) is 17.5 Å². The first-order valence-electron chi connectivity index (χ1n) is 6.75. The Labute approximate surface area is 115 Å². The molecule has 0 aromatic heterocycles. The zero-order chi connectivity index (χ0) is 13.3. The number of methoxy groups -OCH3 is 1. The van der Waals surface area contributed by atoms with E-state index in [1.54, 1.807) is 7.11 Å². The average molecular weight is 255 g/mol. The zero-order valence-electron chi connectivity index (χ0n) is 11.4. The van der Waals surface area contributed by atoms with Crippen molar-refractivity contribution in [3.8, 4) is 0 Å². The van der Waals surface area contributed by atoms with Gasteiger partial charge in [0.25, 0.3) is 0 Å². The fourth-order valence-electron chi connectivity index (χ4n) is 2.10. The molecule has 0 spiro atoms. The highest BCUT2D eigenvalue weighted by Gasteiger charge is 2.02. The molecular weight excluding hydrogens is 234 g/mol. The van der Waals surface area contributed by atoms with Crippen LogP contribution in [-0.4, -0.2) is 20.3 Å². The first-order valence-corrected chi connectivity index (χ1v) is 6.75. The molecule has 0 unspecified atom stereocenters. The van der Waals surface area contributed by atoms with Gasteiger partial charge in [-0.1, -0.05) is 48.5 Å². The zero-order valence-corrected chi connectivity index (χ0v) is 11.4. The summed E-state index contributed by atoms with van der Waals surface area (Å²) >= 11 is 0. The van der Waals surface area contributed by atoms with Gasteiger partial charge in [0.15, 0.2) is 0 Å². The SMILES string of the molecule is COCCCNc1ccccc1Cc1ccccc1. The third-order valence-electron chi connectivity index (χ3n) is 3.10. The van der Waals surface area contributed by atoms with Gasteiger partial charge in [-0.3, -0.25) is 0 Å². The Kier molecular flexibility index (Phi) is 5.45. The van der Waals surface area contributed by atoms with E-state index >= 15 is 0 Å². The Hall–Kier alpha value is -1.80. The number of para-hydroxylation sites is 1. The van der Waals surface area contributed by atoms with Crippen molar-refractivity contribution in [3.05, 3.63) is 65.7 Å². The van der Waals surface area contributed by atoms with E-state index in [4.69, 9.17) is 4.74 Å². The Morgan fingerprint density at radius 2 is 1.68 bits per heavy atom. The summed E-state index contributed by atoms with van der Waals surface area (Å²) in [4.78, 5) is 0. The number of ether oxygens (including phenoxy) is 1. The molecule has 2 aromatic rings. The van der Waals surface area contributed by atoms with Gasteiger partial charge in [0.05, 0.1) is 0 Å². The minimum atomic E-state index is 0.799. The number of anilines is 1. The molecule has 0 aliphatic heterocycles. The lowest BCUT2D eigenvalue weighted by Gasteiger charge is -2.12. The van der Waals surface area contributed by atoms with Crippen molar-refractivity contribution < 1.29 is 4.74 Å². The number of hydrogen-bond donors (Lipinski definition) is 1. The number of rotatable bonds is 7. The third-order valence-corrected chi connectivity index (χ3v) is 3.10. The van der Waals surface area contributed by atoms with Crippen LogP contribution in [0, 0.1) is 0 Å². The molecule has 0 saturated carbocycles.